The van der Waals surface area contributed by atoms with Crippen molar-refractivity contribution < 1.29 is 50.3 Å². The Morgan fingerprint density at radius 1 is 0.733 bits per heavy atom. The van der Waals surface area contributed by atoms with Gasteiger partial charge in [-0.3, -0.25) is 9.59 Å². The Morgan fingerprint density at radius 2 is 1.23 bits per heavy atom. The largest absolute Gasteiger partial charge is 0.453 e. The van der Waals surface area contributed by atoms with Crippen LogP contribution in [0.25, 0.3) is 11.3 Å². The number of aromatic nitrogens is 4. The zero-order valence-electron chi connectivity index (χ0n) is 33.8. The summed E-state index contributed by atoms with van der Waals surface area (Å²) in [6.45, 7) is 2.18. The van der Waals surface area contributed by atoms with Crippen LogP contribution in [-0.2, 0) is 14.3 Å². The van der Waals surface area contributed by atoms with E-state index in [-0.39, 0.29) is 19.0 Å². The molecule has 60 heavy (non-hydrogen) atoms. The van der Waals surface area contributed by atoms with E-state index in [1.165, 1.54) is 16.8 Å². The number of amides is 5. The number of halogens is 6. The third-order valence-electron chi connectivity index (χ3n) is 12.3. The summed E-state index contributed by atoms with van der Waals surface area (Å²) >= 11 is 0. The number of hydrogen-bond acceptors (Lipinski definition) is 7. The van der Waals surface area contributed by atoms with Crippen molar-refractivity contribution in [2.45, 2.75) is 114 Å². The van der Waals surface area contributed by atoms with E-state index in [1.54, 1.807) is 12.4 Å². The molecular formula is C40H51F6N9O5. The van der Waals surface area contributed by atoms with Gasteiger partial charge in [0.2, 0.25) is 11.8 Å². The lowest BCUT2D eigenvalue weighted by Gasteiger charge is -2.32. The monoisotopic (exact) mass is 851 g/mol. The molecule has 6 atom stereocenters. The number of nitrogens with one attached hydrogen (secondary N) is 5. The van der Waals surface area contributed by atoms with E-state index in [4.69, 9.17) is 0 Å². The first-order valence-electron chi connectivity index (χ1n) is 20.2. The number of methoxy groups -OCH3 is 1. The zero-order chi connectivity index (χ0) is 43.5. The first-order chi connectivity index (χ1) is 28.4. The van der Waals surface area contributed by atoms with Crippen LogP contribution in [0.15, 0.2) is 36.7 Å². The van der Waals surface area contributed by atoms with Crippen LogP contribution < -0.4 is 16.0 Å². The molecule has 5 amide bonds. The number of aromatic amines is 2. The zero-order valence-corrected chi connectivity index (χ0v) is 33.8. The molecule has 328 valence electrons. The summed E-state index contributed by atoms with van der Waals surface area (Å²) in [6.07, 6.45) is -1.56. The highest BCUT2D eigenvalue weighted by Gasteiger charge is 2.49. The van der Waals surface area contributed by atoms with Gasteiger partial charge in [-0.1, -0.05) is 38.1 Å². The van der Waals surface area contributed by atoms with Crippen molar-refractivity contribution in [2.24, 2.45) is 11.8 Å². The van der Waals surface area contributed by atoms with E-state index < -0.39 is 72.3 Å². The van der Waals surface area contributed by atoms with Gasteiger partial charge >= 0.3 is 24.5 Å². The number of alkyl halides is 6. The fraction of sp³-hybridized carbons (Fsp3) is 0.600. The van der Waals surface area contributed by atoms with Crippen molar-refractivity contribution in [3.63, 3.8) is 0 Å². The Kier molecular flexibility index (Phi) is 13.4. The molecule has 2 aromatic heterocycles. The molecule has 1 aromatic carbocycles. The molecule has 6 rings (SSSR count). The van der Waals surface area contributed by atoms with Crippen molar-refractivity contribution >= 4 is 23.9 Å². The molecule has 0 bridgehead atoms. The first-order valence-corrected chi connectivity index (χ1v) is 20.2. The van der Waals surface area contributed by atoms with E-state index in [2.05, 4.69) is 52.8 Å². The molecule has 14 nitrogen and oxygen atoms in total. The van der Waals surface area contributed by atoms with Gasteiger partial charge < -0.3 is 40.5 Å². The number of urea groups is 1. The number of likely N-dealkylation sites (tertiary alicyclic amines) is 2. The van der Waals surface area contributed by atoms with E-state index >= 15 is 0 Å². The molecule has 2 aliphatic heterocycles. The van der Waals surface area contributed by atoms with Gasteiger partial charge in [-0.2, -0.15) is 26.3 Å². The van der Waals surface area contributed by atoms with Gasteiger partial charge in [0.1, 0.15) is 23.7 Å². The fourth-order valence-electron chi connectivity index (χ4n) is 8.62. The number of H-pyrrole nitrogens is 2. The smallest absolute Gasteiger partial charge is 0.407 e. The normalized spacial score (nSPS) is 23.1. The molecule has 4 heterocycles. The van der Waals surface area contributed by atoms with Crippen LogP contribution in [0.3, 0.4) is 0 Å². The first kappa shape index (κ1) is 44.3. The van der Waals surface area contributed by atoms with Gasteiger partial charge in [-0.25, -0.2) is 19.6 Å². The number of nitrogens with zero attached hydrogens (tertiary/aromatic N) is 4. The highest BCUT2D eigenvalue weighted by atomic mass is 19.4. The molecule has 3 aromatic rings. The van der Waals surface area contributed by atoms with Crippen LogP contribution in [0.2, 0.25) is 0 Å². The Balaban J connectivity index is 1.06. The summed E-state index contributed by atoms with van der Waals surface area (Å²) in [7, 11) is 2.28. The fourth-order valence-corrected chi connectivity index (χ4v) is 8.62. The molecule has 5 N–H and O–H groups in total. The van der Waals surface area contributed by atoms with Gasteiger partial charge in [0.25, 0.3) is 0 Å². The Bertz CT molecular complexity index is 1980. The molecule has 2 unspecified atom stereocenters. The minimum Gasteiger partial charge on any atom is -0.453 e. The number of benzene rings is 1. The summed E-state index contributed by atoms with van der Waals surface area (Å²) in [6, 6.07) is 2.36. The predicted molar refractivity (Wildman–Crippen MR) is 205 cm³/mol. The van der Waals surface area contributed by atoms with E-state index in [0.717, 1.165) is 63.5 Å². The maximum absolute atomic E-state index is 13.7. The average molecular weight is 852 g/mol. The van der Waals surface area contributed by atoms with Gasteiger partial charge in [-0.15, -0.1) is 0 Å². The predicted octanol–water partition coefficient (Wildman–Crippen LogP) is 6.99. The molecule has 3 fully saturated rings. The lowest BCUT2D eigenvalue weighted by molar-refractivity contribution is -0.183. The molecule has 3 aliphatic rings. The second-order valence-corrected chi connectivity index (χ2v) is 15.9. The van der Waals surface area contributed by atoms with Crippen LogP contribution >= 0.6 is 0 Å². The molecule has 2 saturated heterocycles. The highest BCUT2D eigenvalue weighted by Crippen LogP contribution is 2.42. The van der Waals surface area contributed by atoms with Crippen LogP contribution in [0.5, 0.6) is 0 Å². The van der Waals surface area contributed by atoms with Crippen molar-refractivity contribution in [2.75, 3.05) is 27.2 Å². The molecule has 1 saturated carbocycles. The van der Waals surface area contributed by atoms with Gasteiger partial charge in [-0.05, 0) is 68.4 Å². The number of ether oxygens (including phenoxy) is 1. The number of hydrogen-bond donors (Lipinski definition) is 5. The van der Waals surface area contributed by atoms with Crippen LogP contribution in [0.1, 0.15) is 112 Å². The molecule has 0 radical (unpaired) electrons. The minimum absolute atomic E-state index is 0.170. The summed E-state index contributed by atoms with van der Waals surface area (Å²) < 4.78 is 86.7. The van der Waals surface area contributed by atoms with Crippen LogP contribution in [-0.4, -0.2) is 105 Å². The quantitative estimate of drug-likeness (QED) is 0.129. The van der Waals surface area contributed by atoms with E-state index in [1.807, 2.05) is 12.1 Å². The van der Waals surface area contributed by atoms with Crippen LogP contribution in [0.4, 0.5) is 35.9 Å². The third kappa shape index (κ3) is 9.67. The lowest BCUT2D eigenvalue weighted by atomic mass is 9.77. The van der Waals surface area contributed by atoms with Gasteiger partial charge in [0.15, 0.2) is 0 Å². The van der Waals surface area contributed by atoms with Gasteiger partial charge in [0.05, 0.1) is 42.9 Å². The van der Waals surface area contributed by atoms with Crippen molar-refractivity contribution in [1.82, 2.24) is 45.7 Å². The molecule has 20 heteroatoms. The summed E-state index contributed by atoms with van der Waals surface area (Å²) in [5.41, 5.74) is 3.59. The van der Waals surface area contributed by atoms with E-state index in [9.17, 15) is 45.5 Å². The maximum Gasteiger partial charge on any atom is 0.407 e. The summed E-state index contributed by atoms with van der Waals surface area (Å²) in [5, 5.41) is 6.48. The van der Waals surface area contributed by atoms with Crippen molar-refractivity contribution in [3.05, 3.63) is 59.6 Å². The average Bonchev–Trinajstić information content (AvgIpc) is 4.07. The van der Waals surface area contributed by atoms with Crippen LogP contribution in [0, 0.1) is 11.8 Å². The lowest BCUT2D eigenvalue weighted by Crippen LogP contribution is -2.56. The second kappa shape index (κ2) is 18.1. The molecular weight excluding hydrogens is 800 g/mol. The number of rotatable bonds is 11. The Hall–Kier alpha value is -5.30. The summed E-state index contributed by atoms with van der Waals surface area (Å²) in [5.74, 6) is -4.52. The number of carbonyl (C=O) groups is 4. The molecule has 0 spiro atoms. The SMILES string of the molecule is CNC(=O)N[C@H](C(=O)N1CCC[C@H]1c1ncc(-c2ccc([C@H]3CC[C@H](c4cnc([C@@H]5CCCN5C(=O)[C@@H](NC(=O)OC)C(C)C(F)(F)F)[nH]4)CC3)cc2)[nH]1)C(C)C(F)(F)F. The minimum atomic E-state index is -4.73. The maximum atomic E-state index is 13.7. The standard InChI is InChI=1S/C40H51F6N9O5/c1-21(39(41,42)43)31(52-37(58)47-3)35(56)54-17-5-7-29(54)33-48-19-27(50-33)25-13-9-23(10-14-25)24-11-15-26(16-12-24)28-20-49-34(51-28)30-8-6-18-55(30)36(57)32(53-38(59)60-4)22(2)40(44,45)46/h9-10,13-14,19-22,24,26,29-32H,5-8,11-12,15-18H2,1-4H3,(H,48,50)(H,49,51)(H,53,59)(H2,47,52,58)/t21?,22?,24-,26-,29-,30-,31-,32-/m0/s1. The highest BCUT2D eigenvalue weighted by molar-refractivity contribution is 5.88. The second-order valence-electron chi connectivity index (χ2n) is 15.9. The Labute approximate surface area is 343 Å². The van der Waals surface area contributed by atoms with Crippen molar-refractivity contribution in [1.29, 1.82) is 0 Å². The number of carbonyl (C=O) groups excluding carboxylic acids is 4. The summed E-state index contributed by atoms with van der Waals surface area (Å²) in [4.78, 5) is 69.3. The van der Waals surface area contributed by atoms with Gasteiger partial charge in [0, 0.05) is 37.9 Å². The third-order valence-corrected chi connectivity index (χ3v) is 12.3. The number of alkyl carbamates (subject to hydrolysis) is 1. The molecule has 1 aliphatic carbocycles. The topological polar surface area (TPSA) is 177 Å². The van der Waals surface area contributed by atoms with Crippen molar-refractivity contribution in [3.8, 4) is 11.3 Å². The van der Waals surface area contributed by atoms with E-state index in [0.29, 0.717) is 48.9 Å². The Morgan fingerprint density at radius 3 is 1.75 bits per heavy atom. The number of imidazole rings is 2.